The van der Waals surface area contributed by atoms with E-state index in [9.17, 15) is 13.2 Å². The largest absolute Gasteiger partial charge is 0.496 e. The van der Waals surface area contributed by atoms with Crippen molar-refractivity contribution in [2.45, 2.75) is 32.2 Å². The molecule has 29 heavy (non-hydrogen) atoms. The molecule has 0 aliphatic carbocycles. The van der Waals surface area contributed by atoms with Crippen molar-refractivity contribution in [2.75, 3.05) is 33.0 Å². The molecule has 1 aromatic heterocycles. The predicted molar refractivity (Wildman–Crippen MR) is 106 cm³/mol. The van der Waals surface area contributed by atoms with Gasteiger partial charge in [0.25, 0.3) is 0 Å². The highest BCUT2D eigenvalue weighted by molar-refractivity contribution is 7.88. The number of aromatic nitrogens is 2. The highest BCUT2D eigenvalue weighted by atomic mass is 32.2. The monoisotopic (exact) mass is 422 g/mol. The standard InChI is InChI=1S/C19H26N4O5S/c1-14-20-19(28-21-14)16-10-11-22(12-13-23(16)29(3,25)26)18(24)9-8-15-6-4-5-7-17(15)27-2/h4-7,16H,8-13H2,1-3H3. The molecule has 158 valence electrons. The third-order valence-electron chi connectivity index (χ3n) is 5.02. The number of amides is 1. The van der Waals surface area contributed by atoms with E-state index in [0.717, 1.165) is 17.6 Å². The van der Waals surface area contributed by atoms with Crippen LogP contribution in [0.4, 0.5) is 0 Å². The number of carbonyl (C=O) groups excluding carboxylic acids is 1. The van der Waals surface area contributed by atoms with E-state index in [1.165, 1.54) is 4.31 Å². The Bertz CT molecular complexity index is 959. The van der Waals surface area contributed by atoms with Gasteiger partial charge in [0.15, 0.2) is 5.82 Å². The molecule has 9 nitrogen and oxygen atoms in total. The summed E-state index contributed by atoms with van der Waals surface area (Å²) in [6.45, 7) is 2.61. The lowest BCUT2D eigenvalue weighted by atomic mass is 10.1. The summed E-state index contributed by atoms with van der Waals surface area (Å²) >= 11 is 0. The summed E-state index contributed by atoms with van der Waals surface area (Å²) in [5.41, 5.74) is 0.968. The lowest BCUT2D eigenvalue weighted by Crippen LogP contribution is -2.38. The molecule has 2 aromatic rings. The molecule has 0 spiro atoms. The first-order valence-electron chi connectivity index (χ1n) is 9.46. The number of hydrogen-bond donors (Lipinski definition) is 0. The van der Waals surface area contributed by atoms with Crippen LogP contribution in [-0.2, 0) is 21.2 Å². The van der Waals surface area contributed by atoms with Crippen molar-refractivity contribution in [3.8, 4) is 5.75 Å². The second kappa shape index (κ2) is 8.91. The molecular weight excluding hydrogens is 396 g/mol. The molecule has 1 saturated heterocycles. The van der Waals surface area contributed by atoms with Crippen molar-refractivity contribution in [2.24, 2.45) is 0 Å². The van der Waals surface area contributed by atoms with Crippen LogP contribution in [0.1, 0.15) is 36.2 Å². The summed E-state index contributed by atoms with van der Waals surface area (Å²) in [4.78, 5) is 18.7. The summed E-state index contributed by atoms with van der Waals surface area (Å²) in [6.07, 6.45) is 2.43. The molecule has 2 heterocycles. The van der Waals surface area contributed by atoms with Crippen LogP contribution >= 0.6 is 0 Å². The van der Waals surface area contributed by atoms with Gasteiger partial charge in [0.05, 0.1) is 13.4 Å². The molecule has 10 heteroatoms. The van der Waals surface area contributed by atoms with Gasteiger partial charge < -0.3 is 14.2 Å². The highest BCUT2D eigenvalue weighted by Gasteiger charge is 2.35. The molecule has 1 fully saturated rings. The van der Waals surface area contributed by atoms with Gasteiger partial charge in [-0.1, -0.05) is 23.4 Å². The van der Waals surface area contributed by atoms with Gasteiger partial charge in [-0.15, -0.1) is 0 Å². The molecule has 1 atom stereocenters. The van der Waals surface area contributed by atoms with Crippen LogP contribution in [0.25, 0.3) is 0 Å². The molecule has 0 saturated carbocycles. The van der Waals surface area contributed by atoms with Gasteiger partial charge in [-0.2, -0.15) is 9.29 Å². The second-order valence-corrected chi connectivity index (χ2v) is 8.99. The number of nitrogens with zero attached hydrogens (tertiary/aromatic N) is 4. The van der Waals surface area contributed by atoms with Gasteiger partial charge in [0.1, 0.15) is 11.8 Å². The maximum Gasteiger partial charge on any atom is 0.245 e. The molecule has 1 aliphatic heterocycles. The van der Waals surface area contributed by atoms with Crippen molar-refractivity contribution < 1.29 is 22.5 Å². The molecule has 1 aromatic carbocycles. The molecule has 0 radical (unpaired) electrons. The van der Waals surface area contributed by atoms with E-state index >= 15 is 0 Å². The predicted octanol–water partition coefficient (Wildman–Crippen LogP) is 1.55. The number of carbonyl (C=O) groups is 1. The number of sulfonamides is 1. The average molecular weight is 423 g/mol. The molecule has 0 bridgehead atoms. The summed E-state index contributed by atoms with van der Waals surface area (Å²) in [6, 6.07) is 7.03. The fraction of sp³-hybridized carbons (Fsp3) is 0.526. The van der Waals surface area contributed by atoms with E-state index in [1.807, 2.05) is 24.3 Å². The topological polar surface area (TPSA) is 106 Å². The zero-order chi connectivity index (χ0) is 21.0. The first-order chi connectivity index (χ1) is 13.8. The van der Waals surface area contributed by atoms with Crippen LogP contribution < -0.4 is 4.74 Å². The fourth-order valence-corrected chi connectivity index (χ4v) is 4.63. The van der Waals surface area contributed by atoms with Crippen LogP contribution in [0.15, 0.2) is 28.8 Å². The summed E-state index contributed by atoms with van der Waals surface area (Å²) in [7, 11) is -1.89. The zero-order valence-electron chi connectivity index (χ0n) is 16.9. The maximum absolute atomic E-state index is 12.8. The van der Waals surface area contributed by atoms with Crippen molar-refractivity contribution in [3.05, 3.63) is 41.5 Å². The molecule has 1 aliphatic rings. The Morgan fingerprint density at radius 2 is 2.03 bits per heavy atom. The number of ether oxygens (including phenoxy) is 1. The van der Waals surface area contributed by atoms with E-state index in [4.69, 9.17) is 9.26 Å². The Morgan fingerprint density at radius 3 is 2.69 bits per heavy atom. The number of para-hydroxylation sites is 1. The first kappa shape index (κ1) is 21.3. The Balaban J connectivity index is 1.70. The normalized spacial score (nSPS) is 18.4. The fourth-order valence-electron chi connectivity index (χ4n) is 3.56. The number of methoxy groups -OCH3 is 1. The van der Waals surface area contributed by atoms with Crippen molar-refractivity contribution in [3.63, 3.8) is 0 Å². The van der Waals surface area contributed by atoms with Gasteiger partial charge in [-0.25, -0.2) is 8.42 Å². The quantitative estimate of drug-likeness (QED) is 0.695. The van der Waals surface area contributed by atoms with Crippen molar-refractivity contribution >= 4 is 15.9 Å². The first-order valence-corrected chi connectivity index (χ1v) is 11.3. The van der Waals surface area contributed by atoms with Crippen LogP contribution in [0, 0.1) is 6.92 Å². The Hall–Kier alpha value is -2.46. The van der Waals surface area contributed by atoms with Gasteiger partial charge in [-0.05, 0) is 31.4 Å². The Morgan fingerprint density at radius 1 is 1.28 bits per heavy atom. The van der Waals surface area contributed by atoms with E-state index in [2.05, 4.69) is 10.1 Å². The minimum absolute atomic E-state index is 0.0216. The van der Waals surface area contributed by atoms with E-state index in [-0.39, 0.29) is 18.3 Å². The molecule has 3 rings (SSSR count). The Labute approximate surface area is 170 Å². The minimum Gasteiger partial charge on any atom is -0.496 e. The summed E-state index contributed by atoms with van der Waals surface area (Å²) in [5.74, 6) is 1.44. The lowest BCUT2D eigenvalue weighted by Gasteiger charge is -2.24. The minimum atomic E-state index is -3.50. The number of benzene rings is 1. The third-order valence-corrected chi connectivity index (χ3v) is 6.31. The van der Waals surface area contributed by atoms with Gasteiger partial charge in [-0.3, -0.25) is 4.79 Å². The number of aryl methyl sites for hydroxylation is 2. The zero-order valence-corrected chi connectivity index (χ0v) is 17.7. The smallest absolute Gasteiger partial charge is 0.245 e. The van der Waals surface area contributed by atoms with Crippen molar-refractivity contribution in [1.82, 2.24) is 19.3 Å². The number of rotatable bonds is 6. The Kier molecular flexibility index (Phi) is 6.53. The third kappa shape index (κ3) is 5.13. The SMILES string of the molecule is COc1ccccc1CCC(=O)N1CCC(c2nc(C)no2)N(S(C)(=O)=O)CC1. The average Bonchev–Trinajstić information content (AvgIpc) is 2.98. The van der Waals surface area contributed by atoms with Gasteiger partial charge >= 0.3 is 0 Å². The molecule has 0 N–H and O–H groups in total. The van der Waals surface area contributed by atoms with Crippen LogP contribution in [0.3, 0.4) is 0 Å². The van der Waals surface area contributed by atoms with Gasteiger partial charge in [0, 0.05) is 26.1 Å². The van der Waals surface area contributed by atoms with E-state index < -0.39 is 16.1 Å². The molecule has 1 unspecified atom stereocenters. The van der Waals surface area contributed by atoms with Crippen LogP contribution in [0.2, 0.25) is 0 Å². The summed E-state index contributed by atoms with van der Waals surface area (Å²) < 4.78 is 36.5. The van der Waals surface area contributed by atoms with E-state index in [1.54, 1.807) is 18.9 Å². The van der Waals surface area contributed by atoms with Gasteiger partial charge in [0.2, 0.25) is 21.8 Å². The van der Waals surface area contributed by atoms with Crippen LogP contribution in [-0.4, -0.2) is 66.7 Å². The molecular formula is C19H26N4O5S. The molecule has 1 amide bonds. The number of hydrogen-bond acceptors (Lipinski definition) is 7. The summed E-state index contributed by atoms with van der Waals surface area (Å²) in [5, 5.41) is 3.77. The van der Waals surface area contributed by atoms with Crippen molar-refractivity contribution in [1.29, 1.82) is 0 Å². The van der Waals surface area contributed by atoms with Crippen LogP contribution in [0.5, 0.6) is 5.75 Å². The highest BCUT2D eigenvalue weighted by Crippen LogP contribution is 2.28. The lowest BCUT2D eigenvalue weighted by molar-refractivity contribution is -0.131. The maximum atomic E-state index is 12.8. The van der Waals surface area contributed by atoms with E-state index in [0.29, 0.717) is 38.2 Å². The second-order valence-electron chi connectivity index (χ2n) is 7.05.